The highest BCUT2D eigenvalue weighted by atomic mass is 16.2. The second-order valence-electron chi connectivity index (χ2n) is 6.87. The molecule has 0 spiro atoms. The molecular formula is C24H26N2O. The lowest BCUT2D eigenvalue weighted by Gasteiger charge is -2.22. The monoisotopic (exact) mass is 358 g/mol. The first-order valence-corrected chi connectivity index (χ1v) is 9.26. The van der Waals surface area contributed by atoms with Gasteiger partial charge in [-0.2, -0.15) is 0 Å². The van der Waals surface area contributed by atoms with E-state index in [1.54, 1.807) is 4.90 Å². The zero-order chi connectivity index (χ0) is 19.1. The van der Waals surface area contributed by atoms with Crippen molar-refractivity contribution < 1.29 is 4.79 Å². The Kier molecular flexibility index (Phi) is 6.39. The molecule has 0 radical (unpaired) electrons. The number of rotatable bonds is 7. The maximum absolute atomic E-state index is 12.6. The van der Waals surface area contributed by atoms with Gasteiger partial charge in [0.1, 0.15) is 0 Å². The molecule has 0 fully saturated rings. The van der Waals surface area contributed by atoms with Gasteiger partial charge in [-0.3, -0.25) is 10.1 Å². The minimum absolute atomic E-state index is 0.0101. The quantitative estimate of drug-likeness (QED) is 0.682. The van der Waals surface area contributed by atoms with Crippen molar-refractivity contribution in [2.24, 2.45) is 0 Å². The van der Waals surface area contributed by atoms with Crippen LogP contribution < -0.4 is 5.32 Å². The Morgan fingerprint density at radius 3 is 1.89 bits per heavy atom. The van der Waals surface area contributed by atoms with Crippen LogP contribution in [0.15, 0.2) is 84.9 Å². The van der Waals surface area contributed by atoms with Gasteiger partial charge in [0.15, 0.2) is 0 Å². The number of nitrogens with one attached hydrogen (secondary N) is 1. The fourth-order valence-electron chi connectivity index (χ4n) is 3.10. The molecule has 0 unspecified atom stereocenters. The summed E-state index contributed by atoms with van der Waals surface area (Å²) < 4.78 is 0. The van der Waals surface area contributed by atoms with Gasteiger partial charge in [0, 0.05) is 13.6 Å². The van der Waals surface area contributed by atoms with Gasteiger partial charge in [-0.05, 0) is 23.6 Å². The van der Waals surface area contributed by atoms with E-state index in [9.17, 15) is 4.79 Å². The molecule has 0 aliphatic rings. The van der Waals surface area contributed by atoms with Crippen LogP contribution in [0.3, 0.4) is 0 Å². The molecule has 0 bridgehead atoms. The van der Waals surface area contributed by atoms with Crippen LogP contribution in [-0.2, 0) is 11.3 Å². The minimum Gasteiger partial charge on any atom is -0.340 e. The molecule has 0 saturated carbocycles. The highest BCUT2D eigenvalue weighted by Crippen LogP contribution is 2.21. The predicted octanol–water partition coefficient (Wildman–Crippen LogP) is 4.33. The number of hydrogen-bond acceptors (Lipinski definition) is 2. The molecule has 3 aromatic rings. The van der Waals surface area contributed by atoms with E-state index in [4.69, 9.17) is 0 Å². The first-order valence-electron chi connectivity index (χ1n) is 9.26. The smallest absolute Gasteiger partial charge is 0.236 e. The molecule has 0 aliphatic heterocycles. The zero-order valence-corrected chi connectivity index (χ0v) is 15.9. The van der Waals surface area contributed by atoms with Gasteiger partial charge in [-0.1, -0.05) is 90.5 Å². The molecule has 0 atom stereocenters. The van der Waals surface area contributed by atoms with E-state index >= 15 is 0 Å². The lowest BCUT2D eigenvalue weighted by atomic mass is 9.99. The second-order valence-corrected chi connectivity index (χ2v) is 6.87. The van der Waals surface area contributed by atoms with Crippen LogP contribution in [0.25, 0.3) is 0 Å². The molecule has 27 heavy (non-hydrogen) atoms. The molecule has 0 heterocycles. The summed E-state index contributed by atoms with van der Waals surface area (Å²) >= 11 is 0. The van der Waals surface area contributed by atoms with Crippen LogP contribution in [0, 0.1) is 6.92 Å². The first kappa shape index (κ1) is 18.9. The maximum Gasteiger partial charge on any atom is 0.236 e. The summed E-state index contributed by atoms with van der Waals surface area (Å²) in [6.45, 7) is 2.97. The number of carbonyl (C=O) groups excluding carboxylic acids is 1. The second kappa shape index (κ2) is 9.15. The van der Waals surface area contributed by atoms with Crippen LogP contribution in [0.5, 0.6) is 0 Å². The van der Waals surface area contributed by atoms with E-state index in [1.165, 1.54) is 5.56 Å². The number of likely N-dealkylation sites (N-methyl/N-ethyl adjacent to an activating group) is 1. The van der Waals surface area contributed by atoms with Gasteiger partial charge in [0.05, 0.1) is 12.6 Å². The van der Waals surface area contributed by atoms with E-state index in [0.717, 1.165) is 16.7 Å². The van der Waals surface area contributed by atoms with Gasteiger partial charge in [0.2, 0.25) is 5.91 Å². The number of nitrogens with zero attached hydrogens (tertiary/aromatic N) is 1. The molecule has 138 valence electrons. The van der Waals surface area contributed by atoms with Crippen LogP contribution in [-0.4, -0.2) is 24.4 Å². The normalized spacial score (nSPS) is 10.8. The molecule has 0 aromatic heterocycles. The van der Waals surface area contributed by atoms with Gasteiger partial charge in [-0.25, -0.2) is 0 Å². The van der Waals surface area contributed by atoms with Crippen molar-refractivity contribution in [3.05, 3.63) is 107 Å². The lowest BCUT2D eigenvalue weighted by Crippen LogP contribution is -2.37. The Hall–Kier alpha value is -2.91. The van der Waals surface area contributed by atoms with Crippen molar-refractivity contribution in [3.8, 4) is 0 Å². The van der Waals surface area contributed by atoms with Crippen molar-refractivity contribution in [2.45, 2.75) is 19.5 Å². The van der Waals surface area contributed by atoms with E-state index in [0.29, 0.717) is 6.54 Å². The van der Waals surface area contributed by atoms with Crippen molar-refractivity contribution in [1.82, 2.24) is 10.2 Å². The number of aryl methyl sites for hydroxylation is 1. The van der Waals surface area contributed by atoms with Gasteiger partial charge >= 0.3 is 0 Å². The van der Waals surface area contributed by atoms with Crippen LogP contribution in [0.1, 0.15) is 28.3 Å². The van der Waals surface area contributed by atoms with Crippen LogP contribution in [0.2, 0.25) is 0 Å². The summed E-state index contributed by atoms with van der Waals surface area (Å²) in [5.41, 5.74) is 4.66. The zero-order valence-electron chi connectivity index (χ0n) is 15.9. The topological polar surface area (TPSA) is 32.3 Å². The van der Waals surface area contributed by atoms with E-state index < -0.39 is 0 Å². The standard InChI is InChI=1S/C24H26N2O/c1-19-13-15-20(16-14-19)18-26(2)23(27)17-25-24(21-9-5-3-6-10-21)22-11-7-4-8-12-22/h3-16,24-25H,17-18H2,1-2H3. The average Bonchev–Trinajstić information content (AvgIpc) is 2.71. The molecule has 3 nitrogen and oxygen atoms in total. The van der Waals surface area contributed by atoms with Crippen LogP contribution in [0.4, 0.5) is 0 Å². The Morgan fingerprint density at radius 1 is 0.852 bits per heavy atom. The van der Waals surface area contributed by atoms with E-state index in [-0.39, 0.29) is 18.5 Å². The minimum atomic E-state index is -0.0101. The van der Waals surface area contributed by atoms with Crippen molar-refractivity contribution in [2.75, 3.05) is 13.6 Å². The molecular weight excluding hydrogens is 332 g/mol. The van der Waals surface area contributed by atoms with Gasteiger partial charge in [0.25, 0.3) is 0 Å². The van der Waals surface area contributed by atoms with Gasteiger partial charge < -0.3 is 4.90 Å². The summed E-state index contributed by atoms with van der Waals surface area (Å²) in [5, 5.41) is 3.44. The third-order valence-corrected chi connectivity index (χ3v) is 4.69. The molecule has 0 saturated heterocycles. The summed E-state index contributed by atoms with van der Waals surface area (Å²) in [5.74, 6) is 0.0763. The number of hydrogen-bond donors (Lipinski definition) is 1. The highest BCUT2D eigenvalue weighted by molar-refractivity contribution is 5.78. The Bertz CT molecular complexity index is 805. The average molecular weight is 358 g/mol. The fourth-order valence-corrected chi connectivity index (χ4v) is 3.10. The van der Waals surface area contributed by atoms with Gasteiger partial charge in [-0.15, -0.1) is 0 Å². The molecule has 3 aromatic carbocycles. The lowest BCUT2D eigenvalue weighted by molar-refractivity contribution is -0.129. The maximum atomic E-state index is 12.6. The number of amides is 1. The highest BCUT2D eigenvalue weighted by Gasteiger charge is 2.16. The van der Waals surface area contributed by atoms with E-state index in [2.05, 4.69) is 60.8 Å². The Balaban J connectivity index is 1.66. The van der Waals surface area contributed by atoms with Crippen molar-refractivity contribution in [1.29, 1.82) is 0 Å². The first-order chi connectivity index (χ1) is 13.1. The van der Waals surface area contributed by atoms with Crippen molar-refractivity contribution in [3.63, 3.8) is 0 Å². The fraction of sp³-hybridized carbons (Fsp3) is 0.208. The number of benzene rings is 3. The largest absolute Gasteiger partial charge is 0.340 e. The Labute approximate surface area is 161 Å². The molecule has 3 heteroatoms. The third-order valence-electron chi connectivity index (χ3n) is 4.69. The summed E-state index contributed by atoms with van der Waals surface area (Å²) in [6, 6.07) is 28.8. The van der Waals surface area contributed by atoms with Crippen LogP contribution >= 0.6 is 0 Å². The summed E-state index contributed by atoms with van der Waals surface area (Å²) in [4.78, 5) is 14.4. The molecule has 0 aliphatic carbocycles. The summed E-state index contributed by atoms with van der Waals surface area (Å²) in [6.07, 6.45) is 0. The third kappa shape index (κ3) is 5.28. The SMILES string of the molecule is Cc1ccc(CN(C)C(=O)CNC(c2ccccc2)c2ccccc2)cc1. The molecule has 3 rings (SSSR count). The van der Waals surface area contributed by atoms with E-state index in [1.807, 2.05) is 43.4 Å². The molecule has 1 N–H and O–H groups in total. The number of carbonyl (C=O) groups is 1. The Morgan fingerprint density at radius 2 is 1.37 bits per heavy atom. The summed E-state index contributed by atoms with van der Waals surface area (Å²) in [7, 11) is 1.85. The molecule has 1 amide bonds. The predicted molar refractivity (Wildman–Crippen MR) is 110 cm³/mol. The van der Waals surface area contributed by atoms with Crippen molar-refractivity contribution >= 4 is 5.91 Å².